The Morgan fingerprint density at radius 1 is 1.00 bits per heavy atom. The summed E-state index contributed by atoms with van der Waals surface area (Å²) < 4.78 is 10.5. The predicted octanol–water partition coefficient (Wildman–Crippen LogP) is 5.03. The number of carbonyl (C=O) groups excluding carboxylic acids is 1. The van der Waals surface area contributed by atoms with Gasteiger partial charge in [0.2, 0.25) is 0 Å². The number of nitrogens with one attached hydrogen (secondary N) is 2. The highest BCUT2D eigenvalue weighted by Gasteiger charge is 2.10. The van der Waals surface area contributed by atoms with Crippen molar-refractivity contribution in [3.05, 3.63) is 90.1 Å². The second-order valence-electron chi connectivity index (χ2n) is 6.92. The average Bonchev–Trinajstić information content (AvgIpc) is 2.86. The van der Waals surface area contributed by atoms with Crippen molar-refractivity contribution < 1.29 is 14.3 Å². The first-order valence-electron chi connectivity index (χ1n) is 10.3. The Balaban J connectivity index is 1.60. The number of methoxy groups -OCH3 is 2. The first-order valence-corrected chi connectivity index (χ1v) is 11.1. The number of ether oxygens (including phenoxy) is 2. The summed E-state index contributed by atoms with van der Waals surface area (Å²) in [6, 6.07) is 25.3. The molecule has 0 aromatic heterocycles. The molecule has 168 valence electrons. The van der Waals surface area contributed by atoms with Crippen LogP contribution in [0.5, 0.6) is 11.5 Å². The van der Waals surface area contributed by atoms with Gasteiger partial charge in [-0.1, -0.05) is 48.2 Å². The molecule has 0 heterocycles. The fourth-order valence-corrected chi connectivity index (χ4v) is 3.97. The standard InChI is InChI=1S/C26H25N3O3S/c1-31-23-13-12-19(16-24(23)32-2)14-15-28-26(30)20(17-27)18-29-22-10-6-7-11-25(22)33-21-8-4-3-5-9-21/h3-13,16,18,29H,14-15H2,1-2H3,(H,28,30)/b20-18-. The molecule has 0 atom stereocenters. The van der Waals surface area contributed by atoms with E-state index in [0.29, 0.717) is 24.5 Å². The minimum Gasteiger partial charge on any atom is -0.493 e. The van der Waals surface area contributed by atoms with Gasteiger partial charge in [0.15, 0.2) is 11.5 Å². The summed E-state index contributed by atoms with van der Waals surface area (Å²) in [5.41, 5.74) is 1.81. The zero-order chi connectivity index (χ0) is 23.5. The second-order valence-corrected chi connectivity index (χ2v) is 8.04. The topological polar surface area (TPSA) is 83.4 Å². The van der Waals surface area contributed by atoms with Crippen molar-refractivity contribution in [2.45, 2.75) is 16.2 Å². The number of hydrogen-bond acceptors (Lipinski definition) is 6. The van der Waals surface area contributed by atoms with Crippen LogP contribution in [0.3, 0.4) is 0 Å². The molecule has 0 bridgehead atoms. The Morgan fingerprint density at radius 2 is 1.73 bits per heavy atom. The molecule has 0 unspecified atom stereocenters. The molecule has 0 fully saturated rings. The number of rotatable bonds is 10. The van der Waals surface area contributed by atoms with E-state index in [1.165, 1.54) is 6.20 Å². The first-order chi connectivity index (χ1) is 16.1. The van der Waals surface area contributed by atoms with E-state index in [0.717, 1.165) is 21.0 Å². The smallest absolute Gasteiger partial charge is 0.263 e. The maximum atomic E-state index is 12.5. The van der Waals surface area contributed by atoms with E-state index in [1.54, 1.807) is 26.0 Å². The van der Waals surface area contributed by atoms with E-state index in [9.17, 15) is 10.1 Å². The summed E-state index contributed by atoms with van der Waals surface area (Å²) in [5.74, 6) is 0.852. The summed E-state index contributed by atoms with van der Waals surface area (Å²) >= 11 is 1.60. The highest BCUT2D eigenvalue weighted by molar-refractivity contribution is 7.99. The predicted molar refractivity (Wildman–Crippen MR) is 131 cm³/mol. The van der Waals surface area contributed by atoms with Gasteiger partial charge in [-0.15, -0.1) is 0 Å². The number of hydrogen-bond donors (Lipinski definition) is 2. The maximum Gasteiger partial charge on any atom is 0.263 e. The van der Waals surface area contributed by atoms with Crippen LogP contribution in [0.2, 0.25) is 0 Å². The highest BCUT2D eigenvalue weighted by atomic mass is 32.2. The number of para-hydroxylation sites is 1. The Bertz CT molecular complexity index is 1160. The van der Waals surface area contributed by atoms with E-state index >= 15 is 0 Å². The monoisotopic (exact) mass is 459 g/mol. The summed E-state index contributed by atoms with van der Waals surface area (Å²) in [5, 5.41) is 15.4. The van der Waals surface area contributed by atoms with Gasteiger partial charge in [0.25, 0.3) is 5.91 Å². The highest BCUT2D eigenvalue weighted by Crippen LogP contribution is 2.33. The molecule has 3 aromatic carbocycles. The minimum atomic E-state index is -0.432. The zero-order valence-electron chi connectivity index (χ0n) is 18.5. The molecule has 0 saturated carbocycles. The van der Waals surface area contributed by atoms with Crippen LogP contribution in [-0.2, 0) is 11.2 Å². The summed E-state index contributed by atoms with van der Waals surface area (Å²) in [6.45, 7) is 0.383. The molecule has 0 spiro atoms. The lowest BCUT2D eigenvalue weighted by molar-refractivity contribution is -0.117. The first kappa shape index (κ1) is 23.8. The third-order valence-electron chi connectivity index (χ3n) is 4.74. The van der Waals surface area contributed by atoms with Crippen LogP contribution >= 0.6 is 11.8 Å². The Labute approximate surface area is 198 Å². The third-order valence-corrected chi connectivity index (χ3v) is 5.83. The lowest BCUT2D eigenvalue weighted by atomic mass is 10.1. The largest absolute Gasteiger partial charge is 0.493 e. The molecule has 0 aliphatic carbocycles. The average molecular weight is 460 g/mol. The fraction of sp³-hybridized carbons (Fsp3) is 0.154. The van der Waals surface area contributed by atoms with Crippen LogP contribution in [0.15, 0.2) is 94.4 Å². The van der Waals surface area contributed by atoms with Crippen molar-refractivity contribution >= 4 is 23.4 Å². The summed E-state index contributed by atoms with van der Waals surface area (Å²) in [7, 11) is 3.16. The van der Waals surface area contributed by atoms with Crippen LogP contribution in [0.1, 0.15) is 5.56 Å². The molecular weight excluding hydrogens is 434 g/mol. The SMILES string of the molecule is COc1ccc(CCNC(=O)/C(C#N)=C\Nc2ccccc2Sc2ccccc2)cc1OC. The number of nitriles is 1. The van der Waals surface area contributed by atoms with Gasteiger partial charge in [0, 0.05) is 22.5 Å². The molecule has 2 N–H and O–H groups in total. The number of carbonyl (C=O) groups is 1. The summed E-state index contributed by atoms with van der Waals surface area (Å²) in [4.78, 5) is 14.6. The molecule has 0 saturated heterocycles. The van der Waals surface area contributed by atoms with Crippen LogP contribution in [0.25, 0.3) is 0 Å². The molecule has 0 radical (unpaired) electrons. The lowest BCUT2D eigenvalue weighted by Gasteiger charge is -2.11. The molecule has 3 aromatic rings. The van der Waals surface area contributed by atoms with Gasteiger partial charge in [0.05, 0.1) is 19.9 Å². The van der Waals surface area contributed by atoms with Crippen molar-refractivity contribution in [2.24, 2.45) is 0 Å². The summed E-state index contributed by atoms with van der Waals surface area (Å²) in [6.07, 6.45) is 2.03. The van der Waals surface area contributed by atoms with E-state index < -0.39 is 5.91 Å². The van der Waals surface area contributed by atoms with Gasteiger partial charge < -0.3 is 20.1 Å². The molecule has 0 aliphatic rings. The van der Waals surface area contributed by atoms with E-state index in [1.807, 2.05) is 78.9 Å². The zero-order valence-corrected chi connectivity index (χ0v) is 19.3. The number of amides is 1. The number of benzene rings is 3. The van der Waals surface area contributed by atoms with Crippen molar-refractivity contribution in [3.8, 4) is 17.6 Å². The van der Waals surface area contributed by atoms with Gasteiger partial charge >= 0.3 is 0 Å². The molecule has 3 rings (SSSR count). The van der Waals surface area contributed by atoms with Crippen molar-refractivity contribution in [3.63, 3.8) is 0 Å². The Kier molecular flexibility index (Phi) is 8.80. The van der Waals surface area contributed by atoms with Crippen LogP contribution in [0, 0.1) is 11.3 Å². The van der Waals surface area contributed by atoms with Gasteiger partial charge in [-0.05, 0) is 48.4 Å². The van der Waals surface area contributed by atoms with Gasteiger partial charge in [-0.2, -0.15) is 5.26 Å². The molecule has 1 amide bonds. The van der Waals surface area contributed by atoms with Crippen LogP contribution in [-0.4, -0.2) is 26.7 Å². The van der Waals surface area contributed by atoms with E-state index in [4.69, 9.17) is 9.47 Å². The van der Waals surface area contributed by atoms with Crippen LogP contribution in [0.4, 0.5) is 5.69 Å². The quantitative estimate of drug-likeness (QED) is 0.327. The molecule has 7 heteroatoms. The van der Waals surface area contributed by atoms with Crippen molar-refractivity contribution in [1.29, 1.82) is 5.26 Å². The van der Waals surface area contributed by atoms with Crippen molar-refractivity contribution in [1.82, 2.24) is 5.32 Å². The third kappa shape index (κ3) is 6.79. The van der Waals surface area contributed by atoms with E-state index in [2.05, 4.69) is 10.6 Å². The second kappa shape index (κ2) is 12.2. The maximum absolute atomic E-state index is 12.5. The van der Waals surface area contributed by atoms with Crippen molar-refractivity contribution in [2.75, 3.05) is 26.1 Å². The molecule has 33 heavy (non-hydrogen) atoms. The molecule has 0 aliphatic heterocycles. The Hall–Kier alpha value is -3.89. The normalized spacial score (nSPS) is 10.8. The number of nitrogens with zero attached hydrogens (tertiary/aromatic N) is 1. The van der Waals surface area contributed by atoms with Gasteiger partial charge in [-0.3, -0.25) is 4.79 Å². The fourth-order valence-electron chi connectivity index (χ4n) is 3.04. The number of anilines is 1. The molecule has 6 nitrogen and oxygen atoms in total. The van der Waals surface area contributed by atoms with Crippen LogP contribution < -0.4 is 20.1 Å². The minimum absolute atomic E-state index is 0.00169. The van der Waals surface area contributed by atoms with Gasteiger partial charge in [0.1, 0.15) is 11.6 Å². The Morgan fingerprint density at radius 3 is 2.45 bits per heavy atom. The lowest BCUT2D eigenvalue weighted by Crippen LogP contribution is -2.27. The molecular formula is C26H25N3O3S. The van der Waals surface area contributed by atoms with Gasteiger partial charge in [-0.25, -0.2) is 0 Å². The van der Waals surface area contributed by atoms with E-state index in [-0.39, 0.29) is 5.57 Å².